The number of hydrogen-bond acceptors (Lipinski definition) is 2. The van der Waals surface area contributed by atoms with Crippen LogP contribution in [0.1, 0.15) is 35.6 Å². The third kappa shape index (κ3) is 3.41. The summed E-state index contributed by atoms with van der Waals surface area (Å²) in [4.78, 5) is 0. The SMILES string of the molecule is CCNC(Cc1ccc(F)cc1Cl)c1cc(C)oc1C. The molecule has 2 rings (SSSR count). The maximum absolute atomic E-state index is 13.1. The molecule has 2 aromatic rings. The summed E-state index contributed by atoms with van der Waals surface area (Å²) in [6.07, 6.45) is 0.701. The molecule has 0 saturated heterocycles. The Kier molecular flexibility index (Phi) is 4.84. The van der Waals surface area contributed by atoms with Crippen molar-refractivity contribution in [2.75, 3.05) is 6.54 Å². The van der Waals surface area contributed by atoms with Crippen LogP contribution in [0.4, 0.5) is 4.39 Å². The van der Waals surface area contributed by atoms with Crippen molar-refractivity contribution in [2.45, 2.75) is 33.2 Å². The standard InChI is InChI=1S/C16H19ClFNO/c1-4-19-16(14-7-10(2)20-11(14)3)8-12-5-6-13(18)9-15(12)17/h5-7,9,16,19H,4,8H2,1-3H3. The second kappa shape index (κ2) is 6.42. The smallest absolute Gasteiger partial charge is 0.124 e. The molecule has 0 spiro atoms. The van der Waals surface area contributed by atoms with Crippen molar-refractivity contribution in [1.29, 1.82) is 0 Å². The Balaban J connectivity index is 2.27. The molecule has 0 fully saturated rings. The van der Waals surface area contributed by atoms with Crippen LogP contribution in [0.3, 0.4) is 0 Å². The van der Waals surface area contributed by atoms with Gasteiger partial charge in [0, 0.05) is 16.6 Å². The molecule has 1 N–H and O–H groups in total. The molecule has 0 amide bonds. The number of furan rings is 1. The molecule has 1 aromatic heterocycles. The molecule has 108 valence electrons. The van der Waals surface area contributed by atoms with Crippen LogP contribution in [0.5, 0.6) is 0 Å². The van der Waals surface area contributed by atoms with Crippen molar-refractivity contribution < 1.29 is 8.81 Å². The largest absolute Gasteiger partial charge is 0.466 e. The number of aryl methyl sites for hydroxylation is 2. The highest BCUT2D eigenvalue weighted by molar-refractivity contribution is 6.31. The van der Waals surface area contributed by atoms with Crippen LogP contribution in [-0.4, -0.2) is 6.54 Å². The lowest BCUT2D eigenvalue weighted by Gasteiger charge is -2.18. The fourth-order valence-corrected chi connectivity index (χ4v) is 2.69. The molecule has 1 atom stereocenters. The lowest BCUT2D eigenvalue weighted by molar-refractivity contribution is 0.484. The molecule has 2 nitrogen and oxygen atoms in total. The van der Waals surface area contributed by atoms with E-state index in [0.29, 0.717) is 11.4 Å². The third-order valence-electron chi connectivity index (χ3n) is 3.34. The van der Waals surface area contributed by atoms with Crippen molar-refractivity contribution in [3.8, 4) is 0 Å². The molecule has 0 saturated carbocycles. The average Bonchev–Trinajstić information content (AvgIpc) is 2.71. The van der Waals surface area contributed by atoms with E-state index in [2.05, 4.69) is 12.2 Å². The number of rotatable bonds is 5. The Morgan fingerprint density at radius 3 is 2.60 bits per heavy atom. The number of nitrogens with one attached hydrogen (secondary N) is 1. The Labute approximate surface area is 123 Å². The van der Waals surface area contributed by atoms with Gasteiger partial charge in [-0.3, -0.25) is 0 Å². The summed E-state index contributed by atoms with van der Waals surface area (Å²) in [5.41, 5.74) is 2.06. The molecule has 0 aliphatic heterocycles. The summed E-state index contributed by atoms with van der Waals surface area (Å²) >= 11 is 6.12. The van der Waals surface area contributed by atoms with E-state index in [9.17, 15) is 4.39 Å². The van der Waals surface area contributed by atoms with Crippen LogP contribution in [-0.2, 0) is 6.42 Å². The van der Waals surface area contributed by atoms with Gasteiger partial charge in [0.2, 0.25) is 0 Å². The zero-order chi connectivity index (χ0) is 14.7. The number of hydrogen-bond donors (Lipinski definition) is 1. The second-order valence-electron chi connectivity index (χ2n) is 4.92. The van der Waals surface area contributed by atoms with Gasteiger partial charge in [0.05, 0.1) is 0 Å². The maximum atomic E-state index is 13.1. The van der Waals surface area contributed by atoms with Gasteiger partial charge in [-0.25, -0.2) is 4.39 Å². The van der Waals surface area contributed by atoms with Crippen LogP contribution >= 0.6 is 11.6 Å². The first kappa shape index (κ1) is 15.1. The molecule has 1 aromatic carbocycles. The summed E-state index contributed by atoms with van der Waals surface area (Å²) in [5.74, 6) is 1.49. The molecule has 0 aliphatic rings. The summed E-state index contributed by atoms with van der Waals surface area (Å²) in [7, 11) is 0. The van der Waals surface area contributed by atoms with Crippen molar-refractivity contribution in [2.24, 2.45) is 0 Å². The van der Waals surface area contributed by atoms with Crippen LogP contribution in [0.15, 0.2) is 28.7 Å². The van der Waals surface area contributed by atoms with E-state index in [0.717, 1.165) is 29.2 Å². The van der Waals surface area contributed by atoms with Gasteiger partial charge in [-0.2, -0.15) is 0 Å². The van der Waals surface area contributed by atoms with Crippen molar-refractivity contribution in [3.05, 3.63) is 57.8 Å². The summed E-state index contributed by atoms with van der Waals surface area (Å²) in [6, 6.07) is 6.69. The fourth-order valence-electron chi connectivity index (χ4n) is 2.44. The highest BCUT2D eigenvalue weighted by Crippen LogP contribution is 2.27. The second-order valence-corrected chi connectivity index (χ2v) is 5.33. The van der Waals surface area contributed by atoms with Crippen LogP contribution < -0.4 is 5.32 Å². The molecular weight excluding hydrogens is 277 g/mol. The van der Waals surface area contributed by atoms with Crippen LogP contribution in [0.25, 0.3) is 0 Å². The van der Waals surface area contributed by atoms with E-state index >= 15 is 0 Å². The van der Waals surface area contributed by atoms with Gasteiger partial charge in [-0.1, -0.05) is 24.6 Å². The third-order valence-corrected chi connectivity index (χ3v) is 3.70. The van der Waals surface area contributed by atoms with Gasteiger partial charge >= 0.3 is 0 Å². The first-order valence-electron chi connectivity index (χ1n) is 6.75. The summed E-state index contributed by atoms with van der Waals surface area (Å²) < 4.78 is 18.7. The first-order valence-corrected chi connectivity index (χ1v) is 7.13. The minimum Gasteiger partial charge on any atom is -0.466 e. The number of likely N-dealkylation sites (N-methyl/N-ethyl adjacent to an activating group) is 1. The summed E-state index contributed by atoms with van der Waals surface area (Å²) in [5, 5.41) is 3.89. The van der Waals surface area contributed by atoms with E-state index in [1.54, 1.807) is 6.07 Å². The molecular formula is C16H19ClFNO. The van der Waals surface area contributed by atoms with E-state index in [4.69, 9.17) is 16.0 Å². The monoisotopic (exact) mass is 295 g/mol. The zero-order valence-electron chi connectivity index (χ0n) is 12.0. The molecule has 0 radical (unpaired) electrons. The van der Waals surface area contributed by atoms with Crippen molar-refractivity contribution in [3.63, 3.8) is 0 Å². The van der Waals surface area contributed by atoms with Crippen LogP contribution in [0.2, 0.25) is 5.02 Å². The van der Waals surface area contributed by atoms with Gasteiger partial charge in [0.25, 0.3) is 0 Å². The molecule has 1 unspecified atom stereocenters. The van der Waals surface area contributed by atoms with E-state index < -0.39 is 0 Å². The Hall–Kier alpha value is -1.32. The minimum atomic E-state index is -0.311. The van der Waals surface area contributed by atoms with Gasteiger partial charge in [-0.05, 0) is 50.6 Å². The lowest BCUT2D eigenvalue weighted by atomic mass is 9.99. The topological polar surface area (TPSA) is 25.2 Å². The zero-order valence-corrected chi connectivity index (χ0v) is 12.7. The fraction of sp³-hybridized carbons (Fsp3) is 0.375. The quantitative estimate of drug-likeness (QED) is 0.873. The van der Waals surface area contributed by atoms with Gasteiger partial charge in [-0.15, -0.1) is 0 Å². The van der Waals surface area contributed by atoms with E-state index in [-0.39, 0.29) is 11.9 Å². The predicted octanol–water partition coefficient (Wildman–Crippen LogP) is 4.58. The highest BCUT2D eigenvalue weighted by atomic mass is 35.5. The first-order chi connectivity index (χ1) is 9.51. The number of halogens is 2. The highest BCUT2D eigenvalue weighted by Gasteiger charge is 2.18. The maximum Gasteiger partial charge on any atom is 0.124 e. The Bertz CT molecular complexity index is 594. The van der Waals surface area contributed by atoms with Crippen LogP contribution in [0, 0.1) is 19.7 Å². The molecule has 0 bridgehead atoms. The molecule has 4 heteroatoms. The molecule has 20 heavy (non-hydrogen) atoms. The van der Waals surface area contributed by atoms with Crippen molar-refractivity contribution >= 4 is 11.6 Å². The molecule has 1 heterocycles. The Morgan fingerprint density at radius 2 is 2.05 bits per heavy atom. The predicted molar refractivity (Wildman–Crippen MR) is 79.7 cm³/mol. The summed E-state index contributed by atoms with van der Waals surface area (Å²) in [6.45, 7) is 6.79. The molecule has 0 aliphatic carbocycles. The lowest BCUT2D eigenvalue weighted by Crippen LogP contribution is -2.23. The van der Waals surface area contributed by atoms with Gasteiger partial charge in [0.1, 0.15) is 17.3 Å². The minimum absolute atomic E-state index is 0.111. The number of benzene rings is 1. The van der Waals surface area contributed by atoms with E-state index in [1.807, 2.05) is 19.9 Å². The Morgan fingerprint density at radius 1 is 1.30 bits per heavy atom. The average molecular weight is 296 g/mol. The normalized spacial score (nSPS) is 12.7. The van der Waals surface area contributed by atoms with Gasteiger partial charge in [0.15, 0.2) is 0 Å². The van der Waals surface area contributed by atoms with Crippen molar-refractivity contribution in [1.82, 2.24) is 5.32 Å². The van der Waals surface area contributed by atoms with Gasteiger partial charge < -0.3 is 9.73 Å². The van der Waals surface area contributed by atoms with E-state index in [1.165, 1.54) is 12.1 Å².